The van der Waals surface area contributed by atoms with Gasteiger partial charge in [0.15, 0.2) is 0 Å². The molecule has 112 valence electrons. The van der Waals surface area contributed by atoms with Crippen molar-refractivity contribution in [3.63, 3.8) is 0 Å². The van der Waals surface area contributed by atoms with Gasteiger partial charge in [0.1, 0.15) is 5.75 Å². The first-order valence-electron chi connectivity index (χ1n) is 6.62. The minimum absolute atomic E-state index is 0.228. The van der Waals surface area contributed by atoms with Crippen LogP contribution in [0.3, 0.4) is 0 Å². The van der Waals surface area contributed by atoms with Gasteiger partial charge in [-0.25, -0.2) is 0 Å². The van der Waals surface area contributed by atoms with Gasteiger partial charge in [-0.3, -0.25) is 4.57 Å². The van der Waals surface area contributed by atoms with Crippen LogP contribution in [0.2, 0.25) is 0 Å². The molecule has 2 rings (SSSR count). The fraction of sp³-hybridized carbons (Fsp3) is 0.250. The molecular weight excluding hydrogens is 287 g/mol. The highest BCUT2D eigenvalue weighted by molar-refractivity contribution is 7.50. The Morgan fingerprint density at radius 3 is 1.76 bits per heavy atom. The van der Waals surface area contributed by atoms with Gasteiger partial charge >= 0.3 is 7.60 Å². The average Bonchev–Trinajstić information content (AvgIpc) is 2.38. The fourth-order valence-corrected chi connectivity index (χ4v) is 3.00. The topological polar surface area (TPSA) is 77.8 Å². The highest BCUT2D eigenvalue weighted by atomic mass is 31.2. The van der Waals surface area contributed by atoms with Gasteiger partial charge < -0.3 is 14.9 Å². The van der Waals surface area contributed by atoms with Crippen LogP contribution in [0.5, 0.6) is 5.75 Å². The van der Waals surface area contributed by atoms with Crippen molar-refractivity contribution >= 4 is 7.60 Å². The van der Waals surface area contributed by atoms with E-state index in [0.717, 1.165) is 11.1 Å². The maximum Gasteiger partial charge on any atom is 0.329 e. The van der Waals surface area contributed by atoms with Crippen LogP contribution in [0, 0.1) is 0 Å². The van der Waals surface area contributed by atoms with Gasteiger partial charge in [-0.2, -0.15) is 0 Å². The predicted molar refractivity (Wildman–Crippen MR) is 82.4 cm³/mol. The molecule has 0 atom stereocenters. The van der Waals surface area contributed by atoms with Crippen molar-refractivity contribution in [1.82, 2.24) is 0 Å². The van der Waals surface area contributed by atoms with Gasteiger partial charge in [0.05, 0.1) is 6.16 Å². The lowest BCUT2D eigenvalue weighted by Crippen LogP contribution is -2.18. The summed E-state index contributed by atoms with van der Waals surface area (Å²) >= 11 is 0. The van der Waals surface area contributed by atoms with E-state index in [1.165, 1.54) is 0 Å². The molecule has 0 spiro atoms. The molecule has 0 radical (unpaired) electrons. The summed E-state index contributed by atoms with van der Waals surface area (Å²) in [7, 11) is -4.03. The zero-order chi connectivity index (χ0) is 15.7. The zero-order valence-corrected chi connectivity index (χ0v) is 12.9. The Morgan fingerprint density at radius 1 is 0.905 bits per heavy atom. The van der Waals surface area contributed by atoms with Crippen molar-refractivity contribution < 1.29 is 19.5 Å². The smallest absolute Gasteiger partial charge is 0.329 e. The van der Waals surface area contributed by atoms with Gasteiger partial charge in [0.25, 0.3) is 0 Å². The first-order valence-corrected chi connectivity index (χ1v) is 8.42. The summed E-state index contributed by atoms with van der Waals surface area (Å²) in [5.74, 6) is 0.228. The van der Waals surface area contributed by atoms with Crippen molar-refractivity contribution in [2.75, 3.05) is 0 Å². The Kier molecular flexibility index (Phi) is 4.24. The Hall–Kier alpha value is -1.61. The largest absolute Gasteiger partial charge is 0.508 e. The summed E-state index contributed by atoms with van der Waals surface area (Å²) in [5.41, 5.74) is 2.47. The molecule has 0 saturated heterocycles. The number of phenols is 1. The Bertz CT molecular complexity index is 654. The molecule has 3 N–H and O–H groups in total. The lowest BCUT2D eigenvalue weighted by atomic mass is 9.78. The first kappa shape index (κ1) is 15.8. The van der Waals surface area contributed by atoms with E-state index in [-0.39, 0.29) is 17.3 Å². The molecule has 0 bridgehead atoms. The lowest BCUT2D eigenvalue weighted by molar-refractivity contribution is 0.371. The van der Waals surface area contributed by atoms with E-state index < -0.39 is 7.60 Å². The lowest BCUT2D eigenvalue weighted by Gasteiger charge is -2.26. The molecule has 4 nitrogen and oxygen atoms in total. The van der Waals surface area contributed by atoms with Crippen LogP contribution >= 0.6 is 7.60 Å². The molecular formula is C16H19O4P. The first-order chi connectivity index (χ1) is 9.68. The molecule has 0 aliphatic carbocycles. The second-order valence-electron chi connectivity index (χ2n) is 5.69. The third-order valence-electron chi connectivity index (χ3n) is 3.65. The van der Waals surface area contributed by atoms with Gasteiger partial charge in [-0.15, -0.1) is 0 Å². The van der Waals surface area contributed by atoms with E-state index in [4.69, 9.17) is 9.79 Å². The molecule has 2 aromatic carbocycles. The molecule has 0 saturated carbocycles. The minimum Gasteiger partial charge on any atom is -0.508 e. The van der Waals surface area contributed by atoms with Crippen molar-refractivity contribution in [2.45, 2.75) is 25.4 Å². The van der Waals surface area contributed by atoms with E-state index in [2.05, 4.69) is 13.8 Å². The predicted octanol–water partition coefficient (Wildman–Crippen LogP) is 3.40. The maximum atomic E-state index is 11.0. The molecule has 5 heteroatoms. The number of aromatic hydroxyl groups is 1. The van der Waals surface area contributed by atoms with Gasteiger partial charge in [0, 0.05) is 5.41 Å². The van der Waals surface area contributed by atoms with E-state index in [0.29, 0.717) is 5.56 Å². The van der Waals surface area contributed by atoms with Crippen molar-refractivity contribution in [2.24, 2.45) is 0 Å². The Balaban J connectivity index is 2.28. The molecule has 0 amide bonds. The molecule has 0 heterocycles. The van der Waals surface area contributed by atoms with Crippen LogP contribution in [0.15, 0.2) is 48.5 Å². The third-order valence-corrected chi connectivity index (χ3v) is 4.43. The normalized spacial score (nSPS) is 12.4. The number of hydrogen-bond acceptors (Lipinski definition) is 2. The van der Waals surface area contributed by atoms with Crippen molar-refractivity contribution in [3.05, 3.63) is 65.2 Å². The molecule has 2 aromatic rings. The van der Waals surface area contributed by atoms with E-state index in [1.54, 1.807) is 24.3 Å². The molecule has 0 aliphatic heterocycles. The second-order valence-corrected chi connectivity index (χ2v) is 7.34. The summed E-state index contributed by atoms with van der Waals surface area (Å²) in [6.45, 7) is 4.13. The van der Waals surface area contributed by atoms with Gasteiger partial charge in [-0.1, -0.05) is 50.2 Å². The SMILES string of the molecule is CC(C)(c1ccc(O)cc1)c1ccc(CP(=O)(O)O)cc1. The van der Waals surface area contributed by atoms with Crippen LogP contribution < -0.4 is 0 Å². The highest BCUT2D eigenvalue weighted by Crippen LogP contribution is 2.39. The fourth-order valence-electron chi connectivity index (χ4n) is 2.31. The zero-order valence-electron chi connectivity index (χ0n) is 12.0. The summed E-state index contributed by atoms with van der Waals surface area (Å²) in [6.07, 6.45) is -0.243. The molecule has 0 unspecified atom stereocenters. The van der Waals surface area contributed by atoms with Crippen LogP contribution in [0.4, 0.5) is 0 Å². The van der Waals surface area contributed by atoms with Crippen LogP contribution in [-0.4, -0.2) is 14.9 Å². The molecule has 0 aliphatic rings. The van der Waals surface area contributed by atoms with Crippen molar-refractivity contribution in [3.8, 4) is 5.75 Å². The maximum absolute atomic E-state index is 11.0. The second kappa shape index (κ2) is 5.64. The number of rotatable bonds is 4. The number of benzene rings is 2. The standard InChI is InChI=1S/C16H19O4P/c1-16(2,14-7-9-15(17)10-8-14)13-5-3-12(4-6-13)11-21(18,19)20/h3-10,17H,11H2,1-2H3,(H2,18,19,20). The summed E-state index contributed by atoms with van der Waals surface area (Å²) < 4.78 is 11.0. The monoisotopic (exact) mass is 306 g/mol. The molecule has 0 fully saturated rings. The quantitative estimate of drug-likeness (QED) is 0.757. The Labute approximate surface area is 124 Å². The Morgan fingerprint density at radius 2 is 1.33 bits per heavy atom. The van der Waals surface area contributed by atoms with Gasteiger partial charge in [-0.05, 0) is 28.8 Å². The van der Waals surface area contributed by atoms with Crippen LogP contribution in [0.1, 0.15) is 30.5 Å². The van der Waals surface area contributed by atoms with E-state index >= 15 is 0 Å². The summed E-state index contributed by atoms with van der Waals surface area (Å²) in [4.78, 5) is 18.0. The average molecular weight is 306 g/mol. The summed E-state index contributed by atoms with van der Waals surface area (Å²) in [6, 6.07) is 14.3. The van der Waals surface area contributed by atoms with Crippen molar-refractivity contribution in [1.29, 1.82) is 0 Å². The van der Waals surface area contributed by atoms with Crippen LogP contribution in [-0.2, 0) is 16.1 Å². The summed E-state index contributed by atoms with van der Waals surface area (Å²) in [5, 5.41) is 9.36. The minimum atomic E-state index is -4.03. The van der Waals surface area contributed by atoms with E-state index in [1.807, 2.05) is 24.3 Å². The number of hydrogen-bond donors (Lipinski definition) is 3. The number of phenolic OH excluding ortho intramolecular Hbond substituents is 1. The third kappa shape index (κ3) is 3.94. The molecule has 21 heavy (non-hydrogen) atoms. The van der Waals surface area contributed by atoms with E-state index in [9.17, 15) is 9.67 Å². The van der Waals surface area contributed by atoms with Crippen LogP contribution in [0.25, 0.3) is 0 Å². The molecule has 0 aromatic heterocycles. The van der Waals surface area contributed by atoms with Gasteiger partial charge in [0.2, 0.25) is 0 Å². The highest BCUT2D eigenvalue weighted by Gasteiger charge is 2.23.